The van der Waals surface area contributed by atoms with Crippen molar-refractivity contribution in [1.29, 1.82) is 0 Å². The van der Waals surface area contributed by atoms with Crippen molar-refractivity contribution in [3.05, 3.63) is 30.3 Å². The zero-order chi connectivity index (χ0) is 14.4. The maximum Gasteiger partial charge on any atom is 0.306 e. The molecule has 0 amide bonds. The number of esters is 1. The van der Waals surface area contributed by atoms with Crippen molar-refractivity contribution in [3.63, 3.8) is 0 Å². The molecule has 0 spiro atoms. The molecule has 0 fully saturated rings. The number of H-pyrrole nitrogens is 1. The third-order valence-corrected chi connectivity index (χ3v) is 3.80. The molecule has 0 unspecified atom stereocenters. The fourth-order valence-electron chi connectivity index (χ4n) is 1.83. The van der Waals surface area contributed by atoms with E-state index in [2.05, 4.69) is 4.98 Å². The molecule has 20 heavy (non-hydrogen) atoms. The highest BCUT2D eigenvalue weighted by Gasteiger charge is 2.09. The number of aromatic nitrogens is 1. The molecule has 0 atom stereocenters. The first-order valence-corrected chi connectivity index (χ1v) is 7.55. The maximum absolute atomic E-state index is 11.7. The van der Waals surface area contributed by atoms with Gasteiger partial charge in [0.05, 0.1) is 23.8 Å². The number of ketones is 1. The molecule has 5 heteroatoms. The summed E-state index contributed by atoms with van der Waals surface area (Å²) >= 11 is 1.46. The van der Waals surface area contributed by atoms with Gasteiger partial charge in [-0.05, 0) is 19.1 Å². The second kappa shape index (κ2) is 7.14. The minimum atomic E-state index is -0.309. The molecule has 0 radical (unpaired) electrons. The molecule has 0 aliphatic rings. The van der Waals surface area contributed by atoms with E-state index in [1.165, 1.54) is 11.8 Å². The number of Topliss-reactive ketones (excluding diaryl/α,β-unsaturated/α-hetero) is 1. The van der Waals surface area contributed by atoms with Crippen LogP contribution in [0.2, 0.25) is 0 Å². The topological polar surface area (TPSA) is 59.2 Å². The van der Waals surface area contributed by atoms with E-state index in [4.69, 9.17) is 4.74 Å². The van der Waals surface area contributed by atoms with Gasteiger partial charge in [-0.15, -0.1) is 11.8 Å². The van der Waals surface area contributed by atoms with Crippen LogP contribution in [0.25, 0.3) is 10.9 Å². The van der Waals surface area contributed by atoms with Crippen molar-refractivity contribution in [1.82, 2.24) is 4.98 Å². The van der Waals surface area contributed by atoms with Crippen LogP contribution in [0.15, 0.2) is 35.4 Å². The molecular weight excluding hydrogens is 274 g/mol. The highest BCUT2D eigenvalue weighted by molar-refractivity contribution is 7.99. The van der Waals surface area contributed by atoms with Crippen LogP contribution in [0.4, 0.5) is 0 Å². The molecule has 1 N–H and O–H groups in total. The highest BCUT2D eigenvalue weighted by atomic mass is 32.2. The Labute approximate surface area is 121 Å². The zero-order valence-electron chi connectivity index (χ0n) is 11.3. The number of hydrogen-bond donors (Lipinski definition) is 1. The summed E-state index contributed by atoms with van der Waals surface area (Å²) in [6.45, 7) is 2.11. The predicted octanol–water partition coefficient (Wildman–Crippen LogP) is 3.17. The first-order chi connectivity index (χ1) is 9.69. The monoisotopic (exact) mass is 291 g/mol. The summed E-state index contributed by atoms with van der Waals surface area (Å²) in [6.07, 6.45) is 0.409. The molecule has 0 bridgehead atoms. The lowest BCUT2D eigenvalue weighted by Crippen LogP contribution is -2.09. The summed E-state index contributed by atoms with van der Waals surface area (Å²) in [5.41, 5.74) is 1.06. The summed E-state index contributed by atoms with van der Waals surface area (Å²) < 4.78 is 4.79. The Morgan fingerprint density at radius 1 is 1.25 bits per heavy atom. The number of fused-ring (bicyclic) bond motifs is 1. The third-order valence-electron chi connectivity index (χ3n) is 2.81. The fourth-order valence-corrected chi connectivity index (χ4v) is 2.68. The number of nitrogens with one attached hydrogen (secondary N) is 1. The largest absolute Gasteiger partial charge is 0.466 e. The summed E-state index contributed by atoms with van der Waals surface area (Å²) in [4.78, 5) is 26.1. The average molecular weight is 291 g/mol. The Balaban J connectivity index is 1.79. The van der Waals surface area contributed by atoms with Crippen LogP contribution in [0.3, 0.4) is 0 Å². The Kier molecular flexibility index (Phi) is 5.24. The number of para-hydroxylation sites is 1. The van der Waals surface area contributed by atoms with Gasteiger partial charge in [0.15, 0.2) is 0 Å². The van der Waals surface area contributed by atoms with Gasteiger partial charge in [-0.1, -0.05) is 18.2 Å². The van der Waals surface area contributed by atoms with Crippen molar-refractivity contribution in [2.24, 2.45) is 0 Å². The van der Waals surface area contributed by atoms with Crippen molar-refractivity contribution in [3.8, 4) is 0 Å². The number of aromatic amines is 1. The third kappa shape index (κ3) is 4.13. The Hall–Kier alpha value is -1.75. The second-order valence-electron chi connectivity index (χ2n) is 4.35. The second-order valence-corrected chi connectivity index (χ2v) is 5.37. The van der Waals surface area contributed by atoms with E-state index in [9.17, 15) is 9.59 Å². The van der Waals surface area contributed by atoms with Gasteiger partial charge in [0.25, 0.3) is 0 Å². The highest BCUT2D eigenvalue weighted by Crippen LogP contribution is 2.23. The molecule has 0 saturated carbocycles. The van der Waals surface area contributed by atoms with Gasteiger partial charge >= 0.3 is 5.97 Å². The van der Waals surface area contributed by atoms with Crippen LogP contribution in [0.5, 0.6) is 0 Å². The number of rotatable bonds is 7. The van der Waals surface area contributed by atoms with E-state index >= 15 is 0 Å². The van der Waals surface area contributed by atoms with E-state index in [-0.39, 0.29) is 24.6 Å². The van der Waals surface area contributed by atoms with Crippen LogP contribution >= 0.6 is 11.8 Å². The van der Waals surface area contributed by atoms with Crippen molar-refractivity contribution < 1.29 is 14.3 Å². The van der Waals surface area contributed by atoms with Crippen LogP contribution in [-0.2, 0) is 14.3 Å². The summed E-state index contributed by atoms with van der Waals surface area (Å²) in [5, 5.41) is 2.10. The summed E-state index contributed by atoms with van der Waals surface area (Å²) in [7, 11) is 0. The Morgan fingerprint density at radius 3 is 2.80 bits per heavy atom. The predicted molar refractivity (Wildman–Crippen MR) is 79.9 cm³/mol. The van der Waals surface area contributed by atoms with E-state index in [0.717, 1.165) is 15.9 Å². The maximum atomic E-state index is 11.7. The lowest BCUT2D eigenvalue weighted by atomic mass is 10.2. The van der Waals surface area contributed by atoms with Crippen molar-refractivity contribution in [2.75, 3.05) is 12.4 Å². The first kappa shape index (κ1) is 14.7. The van der Waals surface area contributed by atoms with Gasteiger partial charge < -0.3 is 9.72 Å². The molecule has 2 aromatic rings. The molecule has 1 aromatic heterocycles. The molecular formula is C15H17NO3S. The SMILES string of the molecule is CCOC(=O)CCC(=O)CSc1cc2ccccc2[nH]1. The van der Waals surface area contributed by atoms with Gasteiger partial charge in [-0.3, -0.25) is 9.59 Å². The molecule has 2 rings (SSSR count). The van der Waals surface area contributed by atoms with Crippen molar-refractivity contribution in [2.45, 2.75) is 24.8 Å². The standard InChI is InChI=1S/C15H17NO3S/c1-2-19-15(18)8-7-12(17)10-20-14-9-11-5-3-4-6-13(11)16-14/h3-6,9,16H,2,7-8,10H2,1H3. The molecule has 1 aromatic carbocycles. The lowest BCUT2D eigenvalue weighted by molar-refractivity contribution is -0.144. The van der Waals surface area contributed by atoms with Crippen LogP contribution in [0.1, 0.15) is 19.8 Å². The van der Waals surface area contributed by atoms with Gasteiger partial charge in [0, 0.05) is 17.3 Å². The molecule has 0 aliphatic heterocycles. The lowest BCUT2D eigenvalue weighted by Gasteiger charge is -2.01. The molecule has 106 valence electrons. The number of ether oxygens (including phenoxy) is 1. The van der Waals surface area contributed by atoms with Gasteiger partial charge in [-0.25, -0.2) is 0 Å². The van der Waals surface area contributed by atoms with Crippen LogP contribution < -0.4 is 0 Å². The van der Waals surface area contributed by atoms with Gasteiger partial charge in [0.1, 0.15) is 5.78 Å². The van der Waals surface area contributed by atoms with Crippen molar-refractivity contribution >= 4 is 34.4 Å². The number of thioether (sulfide) groups is 1. The van der Waals surface area contributed by atoms with E-state index in [0.29, 0.717) is 12.4 Å². The fraction of sp³-hybridized carbons (Fsp3) is 0.333. The van der Waals surface area contributed by atoms with E-state index < -0.39 is 0 Å². The van der Waals surface area contributed by atoms with Crippen LogP contribution in [-0.4, -0.2) is 29.1 Å². The van der Waals surface area contributed by atoms with Gasteiger partial charge in [-0.2, -0.15) is 0 Å². The summed E-state index contributed by atoms with van der Waals surface area (Å²) in [5.74, 6) is 0.116. The molecule has 1 heterocycles. The van der Waals surface area contributed by atoms with Gasteiger partial charge in [0.2, 0.25) is 0 Å². The smallest absolute Gasteiger partial charge is 0.306 e. The Morgan fingerprint density at radius 2 is 2.05 bits per heavy atom. The Bertz CT molecular complexity index is 573. The normalized spacial score (nSPS) is 10.7. The summed E-state index contributed by atoms with van der Waals surface area (Å²) in [6, 6.07) is 10.0. The van der Waals surface area contributed by atoms with E-state index in [1.807, 2.05) is 30.3 Å². The minimum absolute atomic E-state index is 0.0571. The molecule has 4 nitrogen and oxygen atoms in total. The van der Waals surface area contributed by atoms with E-state index in [1.54, 1.807) is 6.92 Å². The minimum Gasteiger partial charge on any atom is -0.466 e. The average Bonchev–Trinajstić information content (AvgIpc) is 2.86. The number of benzene rings is 1. The molecule has 0 saturated heterocycles. The first-order valence-electron chi connectivity index (χ1n) is 6.57. The number of carbonyl (C=O) groups excluding carboxylic acids is 2. The zero-order valence-corrected chi connectivity index (χ0v) is 12.2. The number of hydrogen-bond acceptors (Lipinski definition) is 4. The quantitative estimate of drug-likeness (QED) is 0.629. The molecule has 0 aliphatic carbocycles. The van der Waals surface area contributed by atoms with Crippen LogP contribution in [0, 0.1) is 0 Å². The number of carbonyl (C=O) groups is 2.